The molecule has 5 nitrogen and oxygen atoms in total. The topological polar surface area (TPSA) is 86.7 Å². The molecule has 0 radical (unpaired) electrons. The summed E-state index contributed by atoms with van der Waals surface area (Å²) in [6, 6.07) is 8.41. The second-order valence-corrected chi connectivity index (χ2v) is 6.31. The molecule has 0 aliphatic heterocycles. The molecular weight excluding hydrogens is 502 g/mol. The van der Waals surface area contributed by atoms with E-state index in [1.807, 2.05) is 45.2 Å². The summed E-state index contributed by atoms with van der Waals surface area (Å²) >= 11 is 3.72. The van der Waals surface area contributed by atoms with Crippen LogP contribution in [0.4, 0.5) is 0 Å². The minimum Gasteiger partial charge on any atom is -0.871 e. The number of ether oxygens (including phenoxy) is 1. The van der Waals surface area contributed by atoms with Gasteiger partial charge >= 0.3 is 11.9 Å². The third-order valence-electron chi connectivity index (χ3n) is 2.55. The quantitative estimate of drug-likeness (QED) is 0.391. The van der Waals surface area contributed by atoms with E-state index in [9.17, 15) is 14.7 Å². The predicted octanol–water partition coefficient (Wildman–Crippen LogP) is 2.89. The zero-order valence-corrected chi connectivity index (χ0v) is 14.6. The second-order valence-electron chi connectivity index (χ2n) is 3.99. The van der Waals surface area contributed by atoms with Gasteiger partial charge < -0.3 is 14.9 Å². The minimum absolute atomic E-state index is 0.106. The predicted molar refractivity (Wildman–Crippen MR) is 89.7 cm³/mol. The number of carboxylic acid groups (broad SMARTS) is 1. The number of benzene rings is 2. The number of carbonyl (C=O) groups is 2. The van der Waals surface area contributed by atoms with Crippen LogP contribution in [0.2, 0.25) is 0 Å². The molecule has 0 unspecified atom stereocenters. The van der Waals surface area contributed by atoms with E-state index in [1.165, 1.54) is 36.4 Å². The zero-order chi connectivity index (χ0) is 15.6. The van der Waals surface area contributed by atoms with E-state index in [4.69, 9.17) is 9.84 Å². The van der Waals surface area contributed by atoms with E-state index >= 15 is 0 Å². The van der Waals surface area contributed by atoms with Gasteiger partial charge in [0.2, 0.25) is 0 Å². The smallest absolute Gasteiger partial charge is 0.343 e. The molecule has 1 N–H and O–H groups in total. The highest BCUT2D eigenvalue weighted by molar-refractivity contribution is 14.1. The molecule has 2 rings (SSSR count). The largest absolute Gasteiger partial charge is 0.871 e. The first-order valence-corrected chi connectivity index (χ1v) is 7.76. The van der Waals surface area contributed by atoms with Gasteiger partial charge in [-0.1, -0.05) is 5.75 Å². The van der Waals surface area contributed by atoms with E-state index in [-0.39, 0.29) is 22.6 Å². The Bertz CT molecular complexity index is 687. The molecule has 0 aliphatic rings. The van der Waals surface area contributed by atoms with E-state index in [2.05, 4.69) is 0 Å². The van der Waals surface area contributed by atoms with Gasteiger partial charge in [0.1, 0.15) is 5.75 Å². The van der Waals surface area contributed by atoms with Gasteiger partial charge in [0, 0.05) is 7.14 Å². The van der Waals surface area contributed by atoms with Crippen molar-refractivity contribution in [2.45, 2.75) is 0 Å². The SMILES string of the molecule is O=C(O)c1ccc(OC(=O)c2cc(I)c([O-])c(I)c2)cc1. The van der Waals surface area contributed by atoms with Crippen LogP contribution in [0.5, 0.6) is 11.5 Å². The summed E-state index contributed by atoms with van der Waals surface area (Å²) in [6.45, 7) is 0. The Hall–Kier alpha value is -1.36. The maximum absolute atomic E-state index is 12.0. The number of carbonyl (C=O) groups excluding carboxylic acids is 1. The van der Waals surface area contributed by atoms with E-state index < -0.39 is 11.9 Å². The lowest BCUT2D eigenvalue weighted by Gasteiger charge is -2.13. The van der Waals surface area contributed by atoms with Crippen molar-refractivity contribution in [2.75, 3.05) is 0 Å². The maximum atomic E-state index is 12.0. The lowest BCUT2D eigenvalue weighted by molar-refractivity contribution is -0.271. The molecule has 2 aromatic carbocycles. The van der Waals surface area contributed by atoms with Crippen LogP contribution in [0, 0.1) is 7.14 Å². The summed E-state index contributed by atoms with van der Waals surface area (Å²) in [4.78, 5) is 22.7. The first kappa shape index (κ1) is 16.0. The highest BCUT2D eigenvalue weighted by Gasteiger charge is 2.12. The summed E-state index contributed by atoms with van der Waals surface area (Å²) in [5, 5.41) is 20.4. The molecule has 0 heterocycles. The Labute approximate surface area is 147 Å². The molecular formula is C14H7I2O5-. The van der Waals surface area contributed by atoms with Gasteiger partial charge in [0.15, 0.2) is 0 Å². The lowest BCUT2D eigenvalue weighted by atomic mass is 10.2. The fraction of sp³-hybridized carbons (Fsp3) is 0. The summed E-state index contributed by atoms with van der Waals surface area (Å²) in [5.74, 6) is -1.54. The van der Waals surface area contributed by atoms with Crippen LogP contribution >= 0.6 is 45.2 Å². The Balaban J connectivity index is 2.20. The van der Waals surface area contributed by atoms with Crippen molar-refractivity contribution in [1.82, 2.24) is 0 Å². The number of esters is 1. The Morgan fingerprint density at radius 2 is 1.52 bits per heavy atom. The van der Waals surface area contributed by atoms with Crippen molar-refractivity contribution in [3.8, 4) is 11.5 Å². The summed E-state index contributed by atoms with van der Waals surface area (Å²) in [7, 11) is 0. The summed E-state index contributed by atoms with van der Waals surface area (Å²) < 4.78 is 6.02. The van der Waals surface area contributed by atoms with Crippen molar-refractivity contribution in [3.05, 3.63) is 54.7 Å². The third-order valence-corrected chi connectivity index (χ3v) is 4.15. The van der Waals surface area contributed by atoms with Crippen molar-refractivity contribution >= 4 is 57.1 Å². The Morgan fingerprint density at radius 3 is 2.00 bits per heavy atom. The molecule has 0 saturated carbocycles. The van der Waals surface area contributed by atoms with Crippen LogP contribution < -0.4 is 9.84 Å². The Kier molecular flexibility index (Phi) is 5.04. The molecule has 0 saturated heterocycles. The molecule has 0 aliphatic carbocycles. The first-order chi connectivity index (χ1) is 9.88. The van der Waals surface area contributed by atoms with Gasteiger partial charge in [0.25, 0.3) is 0 Å². The average Bonchev–Trinajstić information content (AvgIpc) is 2.44. The standard InChI is InChI=1S/C14H8I2O5/c15-10-5-8(6-11(16)12(10)17)14(20)21-9-3-1-7(2-4-9)13(18)19/h1-6,17H,(H,18,19)/p-1. The molecule has 0 bridgehead atoms. The van der Waals surface area contributed by atoms with E-state index in [1.54, 1.807) is 0 Å². The number of aromatic carboxylic acids is 1. The van der Waals surface area contributed by atoms with Gasteiger partial charge in [0.05, 0.1) is 11.1 Å². The maximum Gasteiger partial charge on any atom is 0.343 e. The van der Waals surface area contributed by atoms with Gasteiger partial charge in [-0.05, 0) is 81.6 Å². The average molecular weight is 509 g/mol. The fourth-order valence-corrected chi connectivity index (χ4v) is 3.28. The van der Waals surface area contributed by atoms with Crippen LogP contribution in [0.3, 0.4) is 0 Å². The molecule has 0 fully saturated rings. The molecule has 0 amide bonds. The molecule has 2 aromatic rings. The van der Waals surface area contributed by atoms with Gasteiger partial charge in [-0.15, -0.1) is 0 Å². The van der Waals surface area contributed by atoms with Crippen LogP contribution in [0.15, 0.2) is 36.4 Å². The second kappa shape index (κ2) is 6.60. The highest BCUT2D eigenvalue weighted by atomic mass is 127. The number of hydrogen-bond acceptors (Lipinski definition) is 4. The molecule has 21 heavy (non-hydrogen) atoms. The van der Waals surface area contributed by atoms with Crippen LogP contribution in [-0.2, 0) is 0 Å². The molecule has 0 spiro atoms. The Morgan fingerprint density at radius 1 is 1.00 bits per heavy atom. The van der Waals surface area contributed by atoms with Crippen LogP contribution in [0.25, 0.3) is 0 Å². The van der Waals surface area contributed by atoms with Crippen molar-refractivity contribution in [1.29, 1.82) is 0 Å². The van der Waals surface area contributed by atoms with Gasteiger partial charge in [-0.2, -0.15) is 0 Å². The number of carboxylic acids is 1. The molecule has 0 atom stereocenters. The van der Waals surface area contributed by atoms with Gasteiger partial charge in [-0.3, -0.25) is 0 Å². The minimum atomic E-state index is -1.05. The molecule has 0 aromatic heterocycles. The molecule has 7 heteroatoms. The summed E-state index contributed by atoms with van der Waals surface area (Å²) in [6.07, 6.45) is 0. The number of rotatable bonds is 3. The fourth-order valence-electron chi connectivity index (χ4n) is 1.51. The zero-order valence-electron chi connectivity index (χ0n) is 10.3. The number of halogens is 2. The first-order valence-electron chi connectivity index (χ1n) is 5.60. The third kappa shape index (κ3) is 3.84. The van der Waals surface area contributed by atoms with E-state index in [0.717, 1.165) is 0 Å². The van der Waals surface area contributed by atoms with Crippen molar-refractivity contribution < 1.29 is 24.5 Å². The van der Waals surface area contributed by atoms with Crippen molar-refractivity contribution in [3.63, 3.8) is 0 Å². The normalized spacial score (nSPS) is 10.2. The lowest BCUT2D eigenvalue weighted by Crippen LogP contribution is -2.10. The number of hydrogen-bond donors (Lipinski definition) is 1. The highest BCUT2D eigenvalue weighted by Crippen LogP contribution is 2.25. The van der Waals surface area contributed by atoms with Crippen LogP contribution in [-0.4, -0.2) is 17.0 Å². The molecule has 108 valence electrons. The van der Waals surface area contributed by atoms with Crippen LogP contribution in [0.1, 0.15) is 20.7 Å². The van der Waals surface area contributed by atoms with Crippen molar-refractivity contribution in [2.24, 2.45) is 0 Å². The monoisotopic (exact) mass is 509 g/mol. The summed E-state index contributed by atoms with van der Waals surface area (Å²) in [5.41, 5.74) is 0.375. The van der Waals surface area contributed by atoms with E-state index in [0.29, 0.717) is 7.14 Å². The van der Waals surface area contributed by atoms with Gasteiger partial charge in [-0.25, -0.2) is 9.59 Å².